The molecule has 3 rings (SSSR count). The quantitative estimate of drug-likeness (QED) is 0.579. The minimum absolute atomic E-state index is 0.197. The fourth-order valence-electron chi connectivity index (χ4n) is 3.00. The second-order valence-corrected chi connectivity index (χ2v) is 8.35. The summed E-state index contributed by atoms with van der Waals surface area (Å²) in [5.41, 5.74) is 2.16. The number of benzene rings is 3. The van der Waals surface area contributed by atoms with Crippen LogP contribution in [0.2, 0.25) is 0 Å². The van der Waals surface area contributed by atoms with E-state index in [4.69, 9.17) is 4.74 Å². The molecule has 0 aromatic heterocycles. The standard InChI is InChI=1S/C22H22FNO3S/c1-16-4-14-22(15-5-16)28(25,26)24(20-10-12-21(27-3)13-11-20)17(2)18-6-8-19(23)9-7-18/h4-15,17H,1-3H3. The number of halogens is 1. The van der Waals surface area contributed by atoms with Crippen LogP contribution in [0.3, 0.4) is 0 Å². The van der Waals surface area contributed by atoms with Gasteiger partial charge in [-0.05, 0) is 67.9 Å². The number of nitrogens with zero attached hydrogens (tertiary/aromatic N) is 1. The van der Waals surface area contributed by atoms with Gasteiger partial charge in [0.15, 0.2) is 0 Å². The molecule has 0 saturated carbocycles. The third-order valence-corrected chi connectivity index (χ3v) is 6.52. The normalized spacial score (nSPS) is 12.4. The van der Waals surface area contributed by atoms with E-state index in [1.165, 1.54) is 16.4 Å². The number of rotatable bonds is 6. The smallest absolute Gasteiger partial charge is 0.264 e. The average Bonchev–Trinajstić information content (AvgIpc) is 2.69. The number of hydrogen-bond donors (Lipinski definition) is 0. The van der Waals surface area contributed by atoms with Gasteiger partial charge in [0, 0.05) is 0 Å². The van der Waals surface area contributed by atoms with Crippen molar-refractivity contribution in [1.29, 1.82) is 0 Å². The first-order chi connectivity index (χ1) is 13.3. The molecule has 146 valence electrons. The number of hydrogen-bond acceptors (Lipinski definition) is 3. The Morgan fingerprint density at radius 1 is 0.893 bits per heavy atom. The van der Waals surface area contributed by atoms with Gasteiger partial charge in [-0.15, -0.1) is 0 Å². The van der Waals surface area contributed by atoms with Crippen molar-refractivity contribution in [2.75, 3.05) is 11.4 Å². The minimum Gasteiger partial charge on any atom is -0.497 e. The molecule has 0 aliphatic carbocycles. The molecule has 0 N–H and O–H groups in total. The Bertz CT molecular complexity index is 1030. The van der Waals surface area contributed by atoms with E-state index in [2.05, 4.69) is 0 Å². The van der Waals surface area contributed by atoms with Gasteiger partial charge in [0.25, 0.3) is 10.0 Å². The van der Waals surface area contributed by atoms with Gasteiger partial charge in [-0.25, -0.2) is 12.8 Å². The van der Waals surface area contributed by atoms with Crippen molar-refractivity contribution in [3.05, 3.63) is 89.7 Å². The first kappa shape index (κ1) is 19.9. The third kappa shape index (κ3) is 4.02. The molecule has 0 spiro atoms. The maximum Gasteiger partial charge on any atom is 0.264 e. The van der Waals surface area contributed by atoms with Crippen LogP contribution < -0.4 is 9.04 Å². The van der Waals surface area contributed by atoms with Gasteiger partial charge in [0.1, 0.15) is 11.6 Å². The largest absolute Gasteiger partial charge is 0.497 e. The van der Waals surface area contributed by atoms with Crippen molar-refractivity contribution in [1.82, 2.24) is 0 Å². The zero-order valence-corrected chi connectivity index (χ0v) is 16.8. The molecule has 0 fully saturated rings. The Hall–Kier alpha value is -2.86. The summed E-state index contributed by atoms with van der Waals surface area (Å²) >= 11 is 0. The molecule has 4 nitrogen and oxygen atoms in total. The van der Waals surface area contributed by atoms with Crippen LogP contribution in [0.5, 0.6) is 5.75 Å². The van der Waals surface area contributed by atoms with Crippen molar-refractivity contribution in [2.24, 2.45) is 0 Å². The average molecular weight is 399 g/mol. The van der Waals surface area contributed by atoms with E-state index < -0.39 is 16.1 Å². The van der Waals surface area contributed by atoms with Crippen LogP contribution >= 0.6 is 0 Å². The van der Waals surface area contributed by atoms with Crippen molar-refractivity contribution in [3.63, 3.8) is 0 Å². The summed E-state index contributed by atoms with van der Waals surface area (Å²) in [6, 6.07) is 18.9. The fraction of sp³-hybridized carbons (Fsp3) is 0.182. The van der Waals surface area contributed by atoms with Gasteiger partial charge >= 0.3 is 0 Å². The number of anilines is 1. The lowest BCUT2D eigenvalue weighted by molar-refractivity contribution is 0.415. The molecule has 6 heteroatoms. The summed E-state index contributed by atoms with van der Waals surface area (Å²) in [5.74, 6) is 0.263. The molecule has 0 aliphatic rings. The Balaban J connectivity index is 2.12. The molecule has 0 heterocycles. The molecular formula is C22H22FNO3S. The number of aryl methyl sites for hydroxylation is 1. The topological polar surface area (TPSA) is 46.6 Å². The molecule has 0 radical (unpaired) electrons. The van der Waals surface area contributed by atoms with E-state index in [1.807, 2.05) is 6.92 Å². The molecule has 3 aromatic carbocycles. The second-order valence-electron chi connectivity index (χ2n) is 6.54. The molecule has 0 aliphatic heterocycles. The monoisotopic (exact) mass is 399 g/mol. The maximum absolute atomic E-state index is 13.5. The van der Waals surface area contributed by atoms with Gasteiger partial charge in [-0.2, -0.15) is 0 Å². The highest BCUT2D eigenvalue weighted by Gasteiger charge is 2.30. The SMILES string of the molecule is COc1ccc(N(C(C)c2ccc(F)cc2)S(=O)(=O)c2ccc(C)cc2)cc1. The predicted octanol–water partition coefficient (Wildman–Crippen LogP) is 5.10. The molecule has 1 atom stereocenters. The first-order valence-electron chi connectivity index (χ1n) is 8.83. The molecule has 0 amide bonds. The molecule has 28 heavy (non-hydrogen) atoms. The van der Waals surface area contributed by atoms with Crippen LogP contribution in [-0.4, -0.2) is 15.5 Å². The van der Waals surface area contributed by atoms with Crippen LogP contribution in [0.25, 0.3) is 0 Å². The Labute approximate surface area is 165 Å². The summed E-state index contributed by atoms with van der Waals surface area (Å²) in [5, 5.41) is 0. The molecule has 0 saturated heterocycles. The van der Waals surface area contributed by atoms with Gasteiger partial charge in [0.05, 0.1) is 23.7 Å². The van der Waals surface area contributed by atoms with Crippen LogP contribution in [0.1, 0.15) is 24.1 Å². The minimum atomic E-state index is -3.85. The van der Waals surface area contributed by atoms with Crippen LogP contribution in [-0.2, 0) is 10.0 Å². The summed E-state index contributed by atoms with van der Waals surface area (Å²) in [4.78, 5) is 0.197. The molecular weight excluding hydrogens is 377 g/mol. The van der Waals surface area contributed by atoms with Gasteiger partial charge in [-0.1, -0.05) is 29.8 Å². The highest BCUT2D eigenvalue weighted by atomic mass is 32.2. The highest BCUT2D eigenvalue weighted by Crippen LogP contribution is 2.34. The lowest BCUT2D eigenvalue weighted by Gasteiger charge is -2.31. The summed E-state index contributed by atoms with van der Waals surface area (Å²) < 4.78 is 46.9. The summed E-state index contributed by atoms with van der Waals surface area (Å²) in [6.07, 6.45) is 0. The lowest BCUT2D eigenvalue weighted by Crippen LogP contribution is -2.33. The zero-order chi connectivity index (χ0) is 20.3. The highest BCUT2D eigenvalue weighted by molar-refractivity contribution is 7.92. The van der Waals surface area contributed by atoms with Crippen molar-refractivity contribution in [3.8, 4) is 5.75 Å². The van der Waals surface area contributed by atoms with E-state index in [9.17, 15) is 12.8 Å². The van der Waals surface area contributed by atoms with E-state index in [1.54, 1.807) is 74.7 Å². The Morgan fingerprint density at radius 3 is 2.00 bits per heavy atom. The number of ether oxygens (including phenoxy) is 1. The van der Waals surface area contributed by atoms with Gasteiger partial charge in [-0.3, -0.25) is 4.31 Å². The van der Waals surface area contributed by atoms with Crippen LogP contribution in [0, 0.1) is 12.7 Å². The van der Waals surface area contributed by atoms with Crippen LogP contribution in [0.4, 0.5) is 10.1 Å². The predicted molar refractivity (Wildman–Crippen MR) is 109 cm³/mol. The van der Waals surface area contributed by atoms with E-state index in [0.29, 0.717) is 17.0 Å². The zero-order valence-electron chi connectivity index (χ0n) is 16.0. The molecule has 0 bridgehead atoms. The third-order valence-electron chi connectivity index (χ3n) is 4.61. The van der Waals surface area contributed by atoms with Gasteiger partial charge in [0.2, 0.25) is 0 Å². The number of methoxy groups -OCH3 is 1. The second kappa shape index (κ2) is 8.02. The van der Waals surface area contributed by atoms with E-state index in [0.717, 1.165) is 5.56 Å². The summed E-state index contributed by atoms with van der Waals surface area (Å²) in [7, 11) is -2.30. The summed E-state index contributed by atoms with van der Waals surface area (Å²) in [6.45, 7) is 3.68. The van der Waals surface area contributed by atoms with Gasteiger partial charge < -0.3 is 4.74 Å². The van der Waals surface area contributed by atoms with E-state index >= 15 is 0 Å². The van der Waals surface area contributed by atoms with Crippen LogP contribution in [0.15, 0.2) is 77.7 Å². The van der Waals surface area contributed by atoms with Crippen molar-refractivity contribution < 1.29 is 17.5 Å². The van der Waals surface area contributed by atoms with Crippen molar-refractivity contribution in [2.45, 2.75) is 24.8 Å². The maximum atomic E-state index is 13.5. The fourth-order valence-corrected chi connectivity index (χ4v) is 4.64. The molecule has 3 aromatic rings. The number of sulfonamides is 1. The first-order valence-corrected chi connectivity index (χ1v) is 10.3. The lowest BCUT2D eigenvalue weighted by atomic mass is 10.1. The van der Waals surface area contributed by atoms with E-state index in [-0.39, 0.29) is 10.7 Å². The Kier molecular flexibility index (Phi) is 5.70. The van der Waals surface area contributed by atoms with Crippen molar-refractivity contribution >= 4 is 15.7 Å². The Morgan fingerprint density at radius 2 is 1.46 bits per heavy atom. The molecule has 1 unspecified atom stereocenters.